The summed E-state index contributed by atoms with van der Waals surface area (Å²) in [7, 11) is 0. The van der Waals surface area contributed by atoms with E-state index in [0.717, 1.165) is 12.8 Å². The van der Waals surface area contributed by atoms with Crippen molar-refractivity contribution in [2.75, 3.05) is 0 Å². The van der Waals surface area contributed by atoms with E-state index in [1.807, 2.05) is 0 Å². The molecule has 6 heteroatoms. The number of nitrogens with zero attached hydrogens (tertiary/aromatic N) is 1. The summed E-state index contributed by atoms with van der Waals surface area (Å²) in [5, 5.41) is 23.1. The highest BCUT2D eigenvalue weighted by Crippen LogP contribution is 2.66. The summed E-state index contributed by atoms with van der Waals surface area (Å²) in [4.78, 5) is 12.2. The van der Waals surface area contributed by atoms with Crippen LogP contribution < -0.4 is 5.43 Å². The highest BCUT2D eigenvalue weighted by molar-refractivity contribution is 9.10. The van der Waals surface area contributed by atoms with Crippen LogP contribution in [-0.4, -0.2) is 22.3 Å². The van der Waals surface area contributed by atoms with E-state index in [4.69, 9.17) is 0 Å². The van der Waals surface area contributed by atoms with Crippen LogP contribution in [0.1, 0.15) is 38.2 Å². The number of amides is 1. The second kappa shape index (κ2) is 5.57. The van der Waals surface area contributed by atoms with E-state index in [2.05, 4.69) is 33.4 Å². The number of hydrazone groups is 1. The van der Waals surface area contributed by atoms with Crippen LogP contribution in [0.4, 0.5) is 0 Å². The van der Waals surface area contributed by atoms with Gasteiger partial charge in [0.25, 0.3) is 0 Å². The minimum absolute atomic E-state index is 0.0389. The highest BCUT2D eigenvalue weighted by atomic mass is 79.9. The number of halogens is 1. The first-order valence-electron chi connectivity index (χ1n) is 7.48. The van der Waals surface area contributed by atoms with Crippen molar-refractivity contribution >= 4 is 28.1 Å². The van der Waals surface area contributed by atoms with Crippen molar-refractivity contribution in [3.05, 3.63) is 22.2 Å². The van der Waals surface area contributed by atoms with Crippen LogP contribution in [0.25, 0.3) is 0 Å². The average Bonchev–Trinajstić information content (AvgIpc) is 3.10. The maximum absolute atomic E-state index is 12.2. The van der Waals surface area contributed by atoms with Gasteiger partial charge in [-0.2, -0.15) is 5.10 Å². The van der Waals surface area contributed by atoms with Crippen LogP contribution in [0.5, 0.6) is 11.5 Å². The summed E-state index contributed by atoms with van der Waals surface area (Å²) in [6.07, 6.45) is 6.04. The quantitative estimate of drug-likeness (QED) is 0.567. The Kier molecular flexibility index (Phi) is 3.89. The molecule has 2 aliphatic rings. The van der Waals surface area contributed by atoms with Crippen LogP contribution in [0, 0.1) is 17.3 Å². The fourth-order valence-corrected chi connectivity index (χ4v) is 4.12. The summed E-state index contributed by atoms with van der Waals surface area (Å²) in [6.45, 7) is 2.19. The lowest BCUT2D eigenvalue weighted by molar-refractivity contribution is -0.123. The maximum atomic E-state index is 12.2. The third-order valence-electron chi connectivity index (χ3n) is 5.09. The smallest absolute Gasteiger partial charge is 0.244 e. The normalized spacial score (nSPS) is 30.1. The Balaban J connectivity index is 1.63. The van der Waals surface area contributed by atoms with Gasteiger partial charge in [0.1, 0.15) is 11.5 Å². The van der Waals surface area contributed by atoms with E-state index >= 15 is 0 Å². The molecule has 0 bridgehead atoms. The van der Waals surface area contributed by atoms with Crippen molar-refractivity contribution in [3.8, 4) is 11.5 Å². The van der Waals surface area contributed by atoms with Gasteiger partial charge in [0, 0.05) is 17.5 Å². The first-order valence-corrected chi connectivity index (χ1v) is 8.27. The second-order valence-electron chi connectivity index (χ2n) is 6.43. The molecule has 5 nitrogen and oxygen atoms in total. The summed E-state index contributed by atoms with van der Waals surface area (Å²) in [6, 6.07) is 2.77. The average molecular weight is 367 g/mol. The molecule has 2 fully saturated rings. The van der Waals surface area contributed by atoms with Crippen molar-refractivity contribution in [1.82, 2.24) is 5.43 Å². The Labute approximate surface area is 137 Å². The summed E-state index contributed by atoms with van der Waals surface area (Å²) in [5.74, 6) is 0.377. The predicted molar refractivity (Wildman–Crippen MR) is 86.8 cm³/mol. The van der Waals surface area contributed by atoms with Gasteiger partial charge in [-0.3, -0.25) is 4.79 Å². The van der Waals surface area contributed by atoms with Crippen molar-refractivity contribution in [2.24, 2.45) is 22.4 Å². The zero-order valence-corrected chi connectivity index (χ0v) is 13.9. The minimum Gasteiger partial charge on any atom is -0.507 e. The van der Waals surface area contributed by atoms with Crippen LogP contribution in [-0.2, 0) is 4.79 Å². The van der Waals surface area contributed by atoms with Crippen molar-refractivity contribution in [2.45, 2.75) is 32.6 Å². The van der Waals surface area contributed by atoms with Crippen molar-refractivity contribution < 1.29 is 15.0 Å². The molecule has 1 amide bonds. The first-order chi connectivity index (χ1) is 10.4. The molecular formula is C16H19BrN2O3. The van der Waals surface area contributed by atoms with E-state index in [9.17, 15) is 15.0 Å². The lowest BCUT2D eigenvalue weighted by atomic mass is 9.90. The van der Waals surface area contributed by atoms with Gasteiger partial charge in [0.05, 0.1) is 10.7 Å². The van der Waals surface area contributed by atoms with Crippen LogP contribution in [0.15, 0.2) is 21.7 Å². The number of hydrogen-bond donors (Lipinski definition) is 3. The van der Waals surface area contributed by atoms with Crippen LogP contribution in [0.3, 0.4) is 0 Å². The molecule has 0 spiro atoms. The van der Waals surface area contributed by atoms with Crippen LogP contribution in [0.2, 0.25) is 0 Å². The zero-order valence-electron chi connectivity index (χ0n) is 12.3. The predicted octanol–water partition coefficient (Wildman–Crippen LogP) is 3.14. The molecule has 0 unspecified atom stereocenters. The lowest BCUT2D eigenvalue weighted by Crippen LogP contribution is -2.22. The van der Waals surface area contributed by atoms with E-state index < -0.39 is 0 Å². The molecular weight excluding hydrogens is 348 g/mol. The van der Waals surface area contributed by atoms with Crippen molar-refractivity contribution in [1.29, 1.82) is 0 Å². The summed E-state index contributed by atoms with van der Waals surface area (Å²) in [5.41, 5.74) is 3.15. The number of phenols is 2. The molecule has 22 heavy (non-hydrogen) atoms. The zero-order chi connectivity index (χ0) is 15.9. The number of aromatic hydroxyl groups is 2. The fourth-order valence-electron chi connectivity index (χ4n) is 3.76. The molecule has 1 aromatic carbocycles. The number of rotatable bonds is 3. The van der Waals surface area contributed by atoms with Gasteiger partial charge in [-0.15, -0.1) is 0 Å². The van der Waals surface area contributed by atoms with Gasteiger partial charge in [0.2, 0.25) is 5.91 Å². The number of carbonyl (C=O) groups is 1. The van der Waals surface area contributed by atoms with E-state index in [1.165, 1.54) is 25.1 Å². The van der Waals surface area contributed by atoms with Gasteiger partial charge in [-0.1, -0.05) is 19.8 Å². The van der Waals surface area contributed by atoms with Crippen molar-refractivity contribution in [3.63, 3.8) is 0 Å². The van der Waals surface area contributed by atoms with Gasteiger partial charge in [-0.05, 0) is 46.2 Å². The standard InChI is InChI=1S/C16H19BrN2O3/c1-16-5-3-2-4-10(16)14(16)15(22)19-18-8-9-6-11(17)13(21)7-12(9)20/h6-8,10,14,20-21H,2-5H2,1H3,(H,19,22)/b18-8-/t10-,14+,16-/m0/s1. The van der Waals surface area contributed by atoms with Crippen LogP contribution >= 0.6 is 15.9 Å². The number of hydrogen-bond acceptors (Lipinski definition) is 4. The Bertz CT molecular complexity index is 647. The van der Waals surface area contributed by atoms with E-state index in [-0.39, 0.29) is 28.7 Å². The minimum atomic E-state index is -0.0919. The first kappa shape index (κ1) is 15.3. The highest BCUT2D eigenvalue weighted by Gasteiger charge is 2.64. The Morgan fingerprint density at radius 3 is 2.86 bits per heavy atom. The number of fused-ring (bicyclic) bond motifs is 1. The monoisotopic (exact) mass is 366 g/mol. The SMILES string of the molecule is C[C@]12CCCC[C@H]1[C@@H]2C(=O)N/N=C\c1cc(Br)c(O)cc1O. The molecule has 0 heterocycles. The molecule has 2 aliphatic carbocycles. The second-order valence-corrected chi connectivity index (χ2v) is 7.29. The van der Waals surface area contributed by atoms with E-state index in [1.54, 1.807) is 6.07 Å². The molecule has 0 aliphatic heterocycles. The van der Waals surface area contributed by atoms with Gasteiger partial charge < -0.3 is 10.2 Å². The summed E-state index contributed by atoms with van der Waals surface area (Å²) >= 11 is 3.17. The summed E-state index contributed by atoms with van der Waals surface area (Å²) < 4.78 is 0.457. The lowest BCUT2D eigenvalue weighted by Gasteiger charge is -2.15. The third-order valence-corrected chi connectivity index (χ3v) is 5.72. The van der Waals surface area contributed by atoms with Gasteiger partial charge in [-0.25, -0.2) is 5.43 Å². The maximum Gasteiger partial charge on any atom is 0.244 e. The molecule has 2 saturated carbocycles. The molecule has 3 rings (SSSR count). The number of carbonyl (C=O) groups excluding carboxylic acids is 1. The van der Waals surface area contributed by atoms with E-state index in [0.29, 0.717) is 16.0 Å². The Morgan fingerprint density at radius 1 is 1.41 bits per heavy atom. The van der Waals surface area contributed by atoms with Gasteiger partial charge >= 0.3 is 0 Å². The number of nitrogens with one attached hydrogen (secondary N) is 1. The third kappa shape index (κ3) is 2.60. The van der Waals surface area contributed by atoms with Gasteiger partial charge in [0.15, 0.2) is 0 Å². The molecule has 3 N–H and O–H groups in total. The largest absolute Gasteiger partial charge is 0.507 e. The fraction of sp³-hybridized carbons (Fsp3) is 0.500. The molecule has 3 atom stereocenters. The molecule has 0 aromatic heterocycles. The molecule has 118 valence electrons. The Morgan fingerprint density at radius 2 is 2.18 bits per heavy atom. The topological polar surface area (TPSA) is 81.9 Å². The molecule has 1 aromatic rings. The molecule has 0 saturated heterocycles. The Hall–Kier alpha value is -1.56. The molecule has 0 radical (unpaired) electrons. The number of phenolic OH excluding ortho intramolecular Hbond substituents is 2. The number of benzene rings is 1.